The molecule has 1 aliphatic heterocycles. The predicted octanol–water partition coefficient (Wildman–Crippen LogP) is 2.05. The monoisotopic (exact) mass is 350 g/mol. The van der Waals surface area contributed by atoms with Crippen LogP contribution in [0, 0.1) is 5.92 Å². The first-order valence-corrected chi connectivity index (χ1v) is 7.66. The summed E-state index contributed by atoms with van der Waals surface area (Å²) in [6, 6.07) is 0.879. The minimum atomic E-state index is -4.47. The molecule has 0 bridgehead atoms. The van der Waals surface area contributed by atoms with Gasteiger partial charge in [-0.2, -0.15) is 13.2 Å². The number of hydrogen-bond acceptors (Lipinski definition) is 4. The Bertz CT molecular complexity index is 559. The Kier molecular flexibility index (Phi) is 5.69. The van der Waals surface area contributed by atoms with Crippen molar-refractivity contribution in [3.63, 3.8) is 0 Å². The van der Waals surface area contributed by atoms with Gasteiger partial charge in [-0.1, -0.05) is 11.6 Å². The van der Waals surface area contributed by atoms with Crippen molar-refractivity contribution in [2.24, 2.45) is 11.7 Å². The van der Waals surface area contributed by atoms with Gasteiger partial charge in [-0.3, -0.25) is 4.79 Å². The first kappa shape index (κ1) is 17.8. The molecule has 1 aromatic heterocycles. The van der Waals surface area contributed by atoms with Gasteiger partial charge in [-0.15, -0.1) is 0 Å². The van der Waals surface area contributed by atoms with Crippen molar-refractivity contribution < 1.29 is 18.0 Å². The van der Waals surface area contributed by atoms with E-state index in [1.54, 1.807) is 4.90 Å². The topological polar surface area (TPSA) is 71.2 Å². The molecule has 2 rings (SSSR count). The molecule has 2 heterocycles. The largest absolute Gasteiger partial charge is 0.417 e. The van der Waals surface area contributed by atoms with Gasteiger partial charge in [-0.25, -0.2) is 4.98 Å². The number of halogens is 4. The highest BCUT2D eigenvalue weighted by Crippen LogP contribution is 2.34. The van der Waals surface area contributed by atoms with Gasteiger partial charge in [0.05, 0.1) is 10.6 Å². The van der Waals surface area contributed by atoms with Crippen LogP contribution in [0.2, 0.25) is 5.02 Å². The van der Waals surface area contributed by atoms with E-state index in [-0.39, 0.29) is 16.8 Å². The number of amides is 1. The number of rotatable bonds is 4. The second kappa shape index (κ2) is 7.35. The van der Waals surface area contributed by atoms with Crippen molar-refractivity contribution in [3.05, 3.63) is 22.8 Å². The van der Waals surface area contributed by atoms with E-state index in [9.17, 15) is 18.0 Å². The molecule has 1 fully saturated rings. The number of carbonyl (C=O) groups is 1. The normalized spacial score (nSPS) is 16.5. The molecule has 23 heavy (non-hydrogen) atoms. The third-order valence-electron chi connectivity index (χ3n) is 3.76. The van der Waals surface area contributed by atoms with Crippen molar-refractivity contribution in [1.29, 1.82) is 0 Å². The number of carbonyl (C=O) groups excluding carboxylic acids is 1. The molecule has 3 N–H and O–H groups in total. The summed E-state index contributed by atoms with van der Waals surface area (Å²) in [5.41, 5.74) is 4.46. The van der Waals surface area contributed by atoms with Crippen molar-refractivity contribution in [2.75, 3.05) is 31.1 Å². The highest BCUT2D eigenvalue weighted by atomic mass is 35.5. The van der Waals surface area contributed by atoms with Gasteiger partial charge in [-0.05, 0) is 18.9 Å². The van der Waals surface area contributed by atoms with E-state index in [1.807, 2.05) is 0 Å². The molecule has 0 atom stereocenters. The van der Waals surface area contributed by atoms with E-state index in [1.165, 1.54) is 0 Å². The molecule has 5 nitrogen and oxygen atoms in total. The standard InChI is InChI=1S/C14H18ClF3N4O/c15-11-7-10(14(16,17)18)8-21-12(11)22-5-1-9(2-6-22)13(23)20-4-3-19/h7-9H,1-6,19H2,(H,20,23). The van der Waals surface area contributed by atoms with E-state index >= 15 is 0 Å². The summed E-state index contributed by atoms with van der Waals surface area (Å²) in [6.07, 6.45) is -2.50. The highest BCUT2D eigenvalue weighted by molar-refractivity contribution is 6.33. The van der Waals surface area contributed by atoms with E-state index in [2.05, 4.69) is 10.3 Å². The fourth-order valence-corrected chi connectivity index (χ4v) is 2.80. The molecule has 1 saturated heterocycles. The summed E-state index contributed by atoms with van der Waals surface area (Å²) in [7, 11) is 0. The molecule has 0 saturated carbocycles. The van der Waals surface area contributed by atoms with Crippen LogP contribution in [0.25, 0.3) is 0 Å². The Morgan fingerprint density at radius 2 is 2.09 bits per heavy atom. The molecule has 0 unspecified atom stereocenters. The van der Waals surface area contributed by atoms with Crippen LogP contribution in [0.1, 0.15) is 18.4 Å². The van der Waals surface area contributed by atoms with E-state index in [4.69, 9.17) is 17.3 Å². The molecule has 1 aromatic rings. The van der Waals surface area contributed by atoms with Crippen molar-refractivity contribution in [2.45, 2.75) is 19.0 Å². The summed E-state index contributed by atoms with van der Waals surface area (Å²) in [5, 5.41) is 2.71. The summed E-state index contributed by atoms with van der Waals surface area (Å²) in [4.78, 5) is 17.5. The number of piperidine rings is 1. The Balaban J connectivity index is 1.99. The highest BCUT2D eigenvalue weighted by Gasteiger charge is 2.32. The maximum Gasteiger partial charge on any atom is 0.417 e. The Labute approximate surface area is 137 Å². The number of pyridine rings is 1. The Morgan fingerprint density at radius 1 is 1.43 bits per heavy atom. The average Bonchev–Trinajstić information content (AvgIpc) is 2.52. The van der Waals surface area contributed by atoms with Crippen LogP contribution in [0.3, 0.4) is 0 Å². The quantitative estimate of drug-likeness (QED) is 0.871. The van der Waals surface area contributed by atoms with Gasteiger partial charge >= 0.3 is 6.18 Å². The van der Waals surface area contributed by atoms with Gasteiger partial charge in [0.1, 0.15) is 5.82 Å². The first-order chi connectivity index (χ1) is 10.8. The zero-order valence-corrected chi connectivity index (χ0v) is 13.1. The van der Waals surface area contributed by atoms with Crippen LogP contribution < -0.4 is 16.0 Å². The molecule has 1 amide bonds. The zero-order chi connectivity index (χ0) is 17.0. The summed E-state index contributed by atoms with van der Waals surface area (Å²) < 4.78 is 37.9. The van der Waals surface area contributed by atoms with Gasteiger partial charge in [0, 0.05) is 38.3 Å². The van der Waals surface area contributed by atoms with Gasteiger partial charge < -0.3 is 16.0 Å². The minimum absolute atomic E-state index is 0.0362. The summed E-state index contributed by atoms with van der Waals surface area (Å²) >= 11 is 5.94. The number of anilines is 1. The molecular weight excluding hydrogens is 333 g/mol. The second-order valence-electron chi connectivity index (χ2n) is 5.37. The van der Waals surface area contributed by atoms with Crippen LogP contribution in [-0.2, 0) is 11.0 Å². The molecule has 0 aliphatic carbocycles. The smallest absolute Gasteiger partial charge is 0.355 e. The van der Waals surface area contributed by atoms with Gasteiger partial charge in [0.2, 0.25) is 5.91 Å². The SMILES string of the molecule is NCCNC(=O)C1CCN(c2ncc(C(F)(F)F)cc2Cl)CC1. The number of nitrogens with two attached hydrogens (primary N) is 1. The van der Waals surface area contributed by atoms with Crippen LogP contribution >= 0.6 is 11.6 Å². The Morgan fingerprint density at radius 3 is 2.61 bits per heavy atom. The average molecular weight is 351 g/mol. The number of aromatic nitrogens is 1. The predicted molar refractivity (Wildman–Crippen MR) is 81.3 cm³/mol. The number of alkyl halides is 3. The van der Waals surface area contributed by atoms with Crippen molar-refractivity contribution in [1.82, 2.24) is 10.3 Å². The number of nitrogens with zero attached hydrogens (tertiary/aromatic N) is 2. The lowest BCUT2D eigenvalue weighted by Crippen LogP contribution is -2.42. The first-order valence-electron chi connectivity index (χ1n) is 7.28. The molecule has 9 heteroatoms. The zero-order valence-electron chi connectivity index (χ0n) is 12.4. The summed E-state index contributed by atoms with van der Waals surface area (Å²) in [5.74, 6) is 0.160. The van der Waals surface area contributed by atoms with Gasteiger partial charge in [0.15, 0.2) is 0 Å². The molecule has 128 valence electrons. The molecule has 0 radical (unpaired) electrons. The van der Waals surface area contributed by atoms with Crippen LogP contribution in [0.5, 0.6) is 0 Å². The minimum Gasteiger partial charge on any atom is -0.355 e. The van der Waals surface area contributed by atoms with Crippen molar-refractivity contribution in [3.8, 4) is 0 Å². The van der Waals surface area contributed by atoms with Crippen LogP contribution in [0.15, 0.2) is 12.3 Å². The Hall–Kier alpha value is -1.54. The van der Waals surface area contributed by atoms with E-state index < -0.39 is 11.7 Å². The van der Waals surface area contributed by atoms with Crippen LogP contribution in [0.4, 0.5) is 19.0 Å². The third kappa shape index (κ3) is 4.48. The van der Waals surface area contributed by atoms with Gasteiger partial charge in [0.25, 0.3) is 0 Å². The number of hydrogen-bond donors (Lipinski definition) is 2. The lowest BCUT2D eigenvalue weighted by atomic mass is 9.96. The lowest BCUT2D eigenvalue weighted by Gasteiger charge is -2.32. The second-order valence-corrected chi connectivity index (χ2v) is 5.78. The molecule has 0 spiro atoms. The van der Waals surface area contributed by atoms with Crippen molar-refractivity contribution >= 4 is 23.3 Å². The maximum absolute atomic E-state index is 12.6. The van der Waals surface area contributed by atoms with E-state index in [0.29, 0.717) is 44.8 Å². The molecule has 1 aliphatic rings. The van der Waals surface area contributed by atoms with Crippen LogP contribution in [-0.4, -0.2) is 37.1 Å². The van der Waals surface area contributed by atoms with E-state index in [0.717, 1.165) is 12.3 Å². The fourth-order valence-electron chi connectivity index (χ4n) is 2.51. The summed E-state index contributed by atoms with van der Waals surface area (Å²) in [6.45, 7) is 1.85. The maximum atomic E-state index is 12.6. The lowest BCUT2D eigenvalue weighted by molar-refractivity contribution is -0.137. The molecular formula is C14H18ClF3N4O. The fraction of sp³-hybridized carbons (Fsp3) is 0.571. The number of nitrogens with one attached hydrogen (secondary N) is 1. The third-order valence-corrected chi connectivity index (χ3v) is 4.04. The molecule has 0 aromatic carbocycles.